The van der Waals surface area contributed by atoms with Crippen molar-refractivity contribution in [1.82, 2.24) is 9.13 Å². The second kappa shape index (κ2) is 9.69. The fraction of sp³-hybridized carbons (Fsp3) is 0.200. The largest absolute Gasteiger partial charge is 0.314 e. The second-order valence-corrected chi connectivity index (χ2v) is 9.07. The third-order valence-electron chi connectivity index (χ3n) is 6.35. The minimum atomic E-state index is 0. The van der Waals surface area contributed by atoms with Crippen molar-refractivity contribution < 1.29 is 26.2 Å². The van der Waals surface area contributed by atoms with Gasteiger partial charge in [-0.25, -0.2) is 0 Å². The third kappa shape index (κ3) is 4.57. The standard InChI is InChI=1S/2C15H15N.Zr/c2*1-11-8-13-10-12(2)16(15(13)9-11)14-6-4-3-5-7-14;/h2*3-7,9-10H,8H2,1-2H3;. The van der Waals surface area contributed by atoms with Gasteiger partial charge in [-0.1, -0.05) is 47.5 Å². The topological polar surface area (TPSA) is 9.86 Å². The summed E-state index contributed by atoms with van der Waals surface area (Å²) in [5.41, 5.74) is 13.7. The average molecular weight is 510 g/mol. The Bertz CT molecular complexity index is 1230. The molecule has 0 spiro atoms. The van der Waals surface area contributed by atoms with Crippen LogP contribution < -0.4 is 0 Å². The molecule has 6 rings (SSSR count). The van der Waals surface area contributed by atoms with Crippen LogP contribution in [0.25, 0.3) is 23.5 Å². The van der Waals surface area contributed by atoms with E-state index in [1.54, 1.807) is 0 Å². The Hall–Kier alpha value is -2.64. The predicted molar refractivity (Wildman–Crippen MR) is 136 cm³/mol. The van der Waals surface area contributed by atoms with Crippen molar-refractivity contribution in [2.75, 3.05) is 0 Å². The Kier molecular flexibility index (Phi) is 6.91. The molecule has 2 heterocycles. The molecule has 0 saturated carbocycles. The van der Waals surface area contributed by atoms with E-state index in [4.69, 9.17) is 0 Å². The number of aromatic nitrogens is 2. The third-order valence-corrected chi connectivity index (χ3v) is 6.35. The van der Waals surface area contributed by atoms with Crippen LogP contribution in [0.1, 0.15) is 47.8 Å². The minimum absolute atomic E-state index is 0. The molecule has 0 N–H and O–H groups in total. The number of rotatable bonds is 2. The van der Waals surface area contributed by atoms with Crippen LogP contribution in [-0.2, 0) is 39.0 Å². The minimum Gasteiger partial charge on any atom is -0.314 e. The molecule has 3 heteroatoms. The average Bonchev–Trinajstić information content (AvgIpc) is 3.47. The Balaban J connectivity index is 0.000000152. The Morgan fingerprint density at radius 3 is 1.27 bits per heavy atom. The van der Waals surface area contributed by atoms with Gasteiger partial charge in [0.05, 0.1) is 0 Å². The van der Waals surface area contributed by atoms with Crippen molar-refractivity contribution >= 4 is 12.2 Å². The Morgan fingerprint density at radius 1 is 0.545 bits per heavy atom. The van der Waals surface area contributed by atoms with Gasteiger partial charge in [-0.05, 0) is 100 Å². The summed E-state index contributed by atoms with van der Waals surface area (Å²) in [5, 5.41) is 0. The van der Waals surface area contributed by atoms with Crippen LogP contribution >= 0.6 is 0 Å². The Morgan fingerprint density at radius 2 is 0.909 bits per heavy atom. The second-order valence-electron chi connectivity index (χ2n) is 9.07. The Labute approximate surface area is 216 Å². The number of fused-ring (bicyclic) bond motifs is 2. The fourth-order valence-electron chi connectivity index (χ4n) is 5.06. The summed E-state index contributed by atoms with van der Waals surface area (Å²) in [6.45, 7) is 8.75. The molecular formula is C30H30N2Zr. The molecule has 2 aromatic carbocycles. The molecule has 2 nitrogen and oxygen atoms in total. The van der Waals surface area contributed by atoms with Gasteiger partial charge in [-0.15, -0.1) is 0 Å². The normalized spacial score (nSPS) is 13.3. The molecule has 0 radical (unpaired) electrons. The maximum Gasteiger partial charge on any atom is 0.0493 e. The molecular weight excluding hydrogens is 480 g/mol. The molecule has 2 aromatic heterocycles. The van der Waals surface area contributed by atoms with Crippen molar-refractivity contribution in [3.63, 3.8) is 0 Å². The molecule has 0 atom stereocenters. The van der Waals surface area contributed by atoms with Crippen LogP contribution in [-0.4, -0.2) is 9.13 Å². The first-order valence-electron chi connectivity index (χ1n) is 11.4. The summed E-state index contributed by atoms with van der Waals surface area (Å²) in [6.07, 6.45) is 6.82. The van der Waals surface area contributed by atoms with E-state index in [1.807, 2.05) is 0 Å². The molecule has 0 aliphatic heterocycles. The number of hydrogen-bond acceptors (Lipinski definition) is 0. The van der Waals surface area contributed by atoms with Gasteiger partial charge in [-0.2, -0.15) is 0 Å². The zero-order valence-corrected chi connectivity index (χ0v) is 22.3. The predicted octanol–water partition coefficient (Wildman–Crippen LogP) is 7.49. The van der Waals surface area contributed by atoms with Gasteiger partial charge >= 0.3 is 0 Å². The number of benzene rings is 2. The first-order valence-corrected chi connectivity index (χ1v) is 11.4. The summed E-state index contributed by atoms with van der Waals surface area (Å²) in [6, 6.07) is 25.7. The van der Waals surface area contributed by atoms with E-state index in [0.29, 0.717) is 0 Å². The summed E-state index contributed by atoms with van der Waals surface area (Å²) >= 11 is 0. The molecule has 0 bridgehead atoms. The van der Waals surface area contributed by atoms with Gasteiger partial charge in [0, 0.05) is 60.4 Å². The van der Waals surface area contributed by atoms with Crippen molar-refractivity contribution in [2.24, 2.45) is 0 Å². The van der Waals surface area contributed by atoms with Gasteiger partial charge in [0.2, 0.25) is 0 Å². The number of hydrogen-bond donors (Lipinski definition) is 0. The molecule has 33 heavy (non-hydrogen) atoms. The quantitative estimate of drug-likeness (QED) is 0.265. The van der Waals surface area contributed by atoms with E-state index >= 15 is 0 Å². The van der Waals surface area contributed by atoms with Crippen LogP contribution in [0.4, 0.5) is 0 Å². The van der Waals surface area contributed by atoms with E-state index in [1.165, 1.54) is 56.4 Å². The van der Waals surface area contributed by atoms with Crippen LogP contribution in [0.3, 0.4) is 0 Å². The molecule has 164 valence electrons. The van der Waals surface area contributed by atoms with Gasteiger partial charge in [0.1, 0.15) is 0 Å². The van der Waals surface area contributed by atoms with E-state index in [0.717, 1.165) is 12.8 Å². The fourth-order valence-corrected chi connectivity index (χ4v) is 5.06. The van der Waals surface area contributed by atoms with Crippen molar-refractivity contribution in [2.45, 2.75) is 40.5 Å². The van der Waals surface area contributed by atoms with E-state index in [2.05, 4.69) is 122 Å². The SMILES string of the molecule is CC1=Cc2c(cc(C)n2-c2ccccc2)C1.CC1=Cc2c(cc(C)n2-c2ccccc2)C1.[Zr]. The molecule has 2 aliphatic carbocycles. The summed E-state index contributed by atoms with van der Waals surface area (Å²) in [4.78, 5) is 0. The number of aryl methyl sites for hydroxylation is 2. The maximum atomic E-state index is 2.34. The van der Waals surface area contributed by atoms with Crippen molar-refractivity contribution in [3.8, 4) is 11.4 Å². The van der Waals surface area contributed by atoms with Gasteiger partial charge in [-0.3, -0.25) is 0 Å². The zero-order chi connectivity index (χ0) is 22.2. The van der Waals surface area contributed by atoms with E-state index < -0.39 is 0 Å². The van der Waals surface area contributed by atoms with E-state index in [-0.39, 0.29) is 26.2 Å². The van der Waals surface area contributed by atoms with Crippen LogP contribution in [0.15, 0.2) is 83.9 Å². The van der Waals surface area contributed by atoms with Gasteiger partial charge < -0.3 is 9.13 Å². The van der Waals surface area contributed by atoms with E-state index in [9.17, 15) is 0 Å². The van der Waals surface area contributed by atoms with Crippen molar-refractivity contribution in [1.29, 1.82) is 0 Å². The number of nitrogens with zero attached hydrogens (tertiary/aromatic N) is 2. The summed E-state index contributed by atoms with van der Waals surface area (Å²) in [7, 11) is 0. The monoisotopic (exact) mass is 508 g/mol. The molecule has 4 aromatic rings. The first-order chi connectivity index (χ1) is 15.5. The summed E-state index contributed by atoms with van der Waals surface area (Å²) in [5.74, 6) is 0. The zero-order valence-electron chi connectivity index (χ0n) is 19.9. The molecule has 0 unspecified atom stereocenters. The summed E-state index contributed by atoms with van der Waals surface area (Å²) < 4.78 is 4.68. The van der Waals surface area contributed by atoms with Crippen molar-refractivity contribution in [3.05, 3.63) is 118 Å². The van der Waals surface area contributed by atoms with Gasteiger partial charge in [0.15, 0.2) is 0 Å². The number of para-hydroxylation sites is 2. The smallest absolute Gasteiger partial charge is 0.0493 e. The molecule has 0 fully saturated rings. The molecule has 0 saturated heterocycles. The van der Waals surface area contributed by atoms with Gasteiger partial charge in [0.25, 0.3) is 0 Å². The van der Waals surface area contributed by atoms with Crippen LogP contribution in [0, 0.1) is 13.8 Å². The van der Waals surface area contributed by atoms with Crippen LogP contribution in [0.2, 0.25) is 0 Å². The molecule has 0 amide bonds. The first kappa shape index (κ1) is 23.5. The maximum absolute atomic E-state index is 2.34. The molecule has 2 aliphatic rings. The van der Waals surface area contributed by atoms with Crippen LogP contribution in [0.5, 0.6) is 0 Å². The number of allylic oxidation sites excluding steroid dienone is 2.